The lowest BCUT2D eigenvalue weighted by atomic mass is 10.1. The third-order valence-electron chi connectivity index (χ3n) is 3.35. The van der Waals surface area contributed by atoms with Gasteiger partial charge in [-0.2, -0.15) is 0 Å². The number of ether oxygens (including phenoxy) is 2. The summed E-state index contributed by atoms with van der Waals surface area (Å²) in [6.45, 7) is 3.47. The molecule has 1 aliphatic heterocycles. The SMILES string of the molecule is COc1cc(OC)c([N+](=O)[O-])cc1/C=C1/SC(=O)N(C(C)C)C1=O. The number of hydrogen-bond acceptors (Lipinski definition) is 7. The lowest BCUT2D eigenvalue weighted by Gasteiger charge is -2.16. The molecule has 0 aliphatic carbocycles. The minimum atomic E-state index is -0.588. The topological polar surface area (TPSA) is 99.0 Å². The zero-order valence-electron chi connectivity index (χ0n) is 13.6. The number of amides is 2. The number of hydrogen-bond donors (Lipinski definition) is 0. The Morgan fingerprint density at radius 3 is 2.29 bits per heavy atom. The van der Waals surface area contributed by atoms with Crippen molar-refractivity contribution in [3.63, 3.8) is 0 Å². The molecule has 2 rings (SSSR count). The van der Waals surface area contributed by atoms with Crippen LogP contribution in [0.1, 0.15) is 19.4 Å². The van der Waals surface area contributed by atoms with Crippen molar-refractivity contribution in [3.8, 4) is 11.5 Å². The summed E-state index contributed by atoms with van der Waals surface area (Å²) >= 11 is 0.790. The van der Waals surface area contributed by atoms with Crippen molar-refractivity contribution >= 4 is 34.7 Å². The van der Waals surface area contributed by atoms with E-state index in [2.05, 4.69) is 0 Å². The molecule has 0 bridgehead atoms. The molecule has 0 unspecified atom stereocenters. The van der Waals surface area contributed by atoms with Crippen LogP contribution >= 0.6 is 11.8 Å². The normalized spacial score (nSPS) is 16.2. The second kappa shape index (κ2) is 6.91. The zero-order valence-corrected chi connectivity index (χ0v) is 14.4. The summed E-state index contributed by atoms with van der Waals surface area (Å²) in [7, 11) is 2.72. The van der Waals surface area contributed by atoms with Crippen LogP contribution in [0.4, 0.5) is 10.5 Å². The number of thioether (sulfide) groups is 1. The molecular weight excluding hydrogens is 336 g/mol. The predicted molar refractivity (Wildman–Crippen MR) is 89.1 cm³/mol. The van der Waals surface area contributed by atoms with E-state index in [0.29, 0.717) is 11.3 Å². The van der Waals surface area contributed by atoms with E-state index < -0.39 is 10.8 Å². The minimum absolute atomic E-state index is 0.0456. The van der Waals surface area contributed by atoms with Crippen molar-refractivity contribution in [2.75, 3.05) is 14.2 Å². The Hall–Kier alpha value is -2.55. The van der Waals surface area contributed by atoms with E-state index in [1.165, 1.54) is 32.4 Å². The molecule has 0 atom stereocenters. The van der Waals surface area contributed by atoms with E-state index in [0.717, 1.165) is 16.7 Å². The molecule has 0 N–H and O–H groups in total. The number of rotatable bonds is 5. The number of benzene rings is 1. The van der Waals surface area contributed by atoms with Gasteiger partial charge in [0.05, 0.1) is 24.0 Å². The molecule has 1 fully saturated rings. The number of imide groups is 1. The number of nitro groups is 1. The molecule has 24 heavy (non-hydrogen) atoms. The van der Waals surface area contributed by atoms with E-state index >= 15 is 0 Å². The van der Waals surface area contributed by atoms with Gasteiger partial charge >= 0.3 is 5.69 Å². The van der Waals surface area contributed by atoms with Crippen LogP contribution < -0.4 is 9.47 Å². The van der Waals surface area contributed by atoms with Gasteiger partial charge in [-0.05, 0) is 31.7 Å². The highest BCUT2D eigenvalue weighted by atomic mass is 32.2. The highest BCUT2D eigenvalue weighted by Gasteiger charge is 2.37. The first-order chi connectivity index (χ1) is 11.3. The standard InChI is InChI=1S/C15H16N2O6S/c1-8(2)16-14(18)13(24-15(16)19)6-9-5-10(17(20)21)12(23-4)7-11(9)22-3/h5-8H,1-4H3/b13-6+. The second-order valence-electron chi connectivity index (χ2n) is 5.17. The van der Waals surface area contributed by atoms with Crippen LogP contribution in [0, 0.1) is 10.1 Å². The maximum absolute atomic E-state index is 12.3. The van der Waals surface area contributed by atoms with Gasteiger partial charge < -0.3 is 9.47 Å². The monoisotopic (exact) mass is 352 g/mol. The zero-order chi connectivity index (χ0) is 18.0. The highest BCUT2D eigenvalue weighted by Crippen LogP contribution is 2.39. The summed E-state index contributed by atoms with van der Waals surface area (Å²) in [5, 5.41) is 10.8. The molecule has 0 spiro atoms. The highest BCUT2D eigenvalue weighted by molar-refractivity contribution is 8.18. The van der Waals surface area contributed by atoms with Gasteiger partial charge in [0.25, 0.3) is 11.1 Å². The Kier molecular flexibility index (Phi) is 5.13. The number of carbonyl (C=O) groups is 2. The first kappa shape index (κ1) is 17.8. The Balaban J connectivity index is 2.53. The molecule has 1 aliphatic rings. The molecule has 0 saturated carbocycles. The third-order valence-corrected chi connectivity index (χ3v) is 4.24. The molecule has 2 amide bonds. The molecule has 0 aromatic heterocycles. The summed E-state index contributed by atoms with van der Waals surface area (Å²) in [5.41, 5.74) is 0.0619. The Morgan fingerprint density at radius 1 is 1.21 bits per heavy atom. The van der Waals surface area contributed by atoms with Gasteiger partial charge in [0, 0.05) is 23.7 Å². The molecule has 9 heteroatoms. The predicted octanol–water partition coefficient (Wildman–Crippen LogP) is 3.06. The van der Waals surface area contributed by atoms with Gasteiger partial charge in [0.2, 0.25) is 5.75 Å². The molecular formula is C15H16N2O6S. The second-order valence-corrected chi connectivity index (χ2v) is 6.16. The van der Waals surface area contributed by atoms with Crippen LogP contribution in [0.2, 0.25) is 0 Å². The summed E-state index contributed by atoms with van der Waals surface area (Å²) in [6, 6.07) is 2.35. The Labute approximate surface area is 142 Å². The van der Waals surface area contributed by atoms with E-state index in [9.17, 15) is 19.7 Å². The molecule has 0 radical (unpaired) electrons. The van der Waals surface area contributed by atoms with Crippen LogP contribution in [0.3, 0.4) is 0 Å². The van der Waals surface area contributed by atoms with Crippen molar-refractivity contribution in [1.29, 1.82) is 0 Å². The Morgan fingerprint density at radius 2 is 1.83 bits per heavy atom. The number of carbonyl (C=O) groups excluding carboxylic acids is 2. The fourth-order valence-electron chi connectivity index (χ4n) is 2.23. The van der Waals surface area contributed by atoms with Gasteiger partial charge in [-0.25, -0.2) is 0 Å². The van der Waals surface area contributed by atoms with Crippen molar-refractivity contribution in [3.05, 3.63) is 32.7 Å². The average molecular weight is 352 g/mol. The van der Waals surface area contributed by atoms with Gasteiger partial charge in [0.15, 0.2) is 0 Å². The number of nitrogens with zero attached hydrogens (tertiary/aromatic N) is 2. The van der Waals surface area contributed by atoms with Gasteiger partial charge in [-0.3, -0.25) is 24.6 Å². The molecule has 1 aromatic rings. The summed E-state index contributed by atoms with van der Waals surface area (Å²) in [6.07, 6.45) is 1.42. The quantitative estimate of drug-likeness (QED) is 0.456. The Bertz CT molecular complexity index is 744. The first-order valence-corrected chi connectivity index (χ1v) is 7.79. The fourth-order valence-corrected chi connectivity index (χ4v) is 3.18. The molecule has 1 heterocycles. The van der Waals surface area contributed by atoms with Crippen LogP contribution in [0.5, 0.6) is 11.5 Å². The molecule has 1 aromatic carbocycles. The van der Waals surface area contributed by atoms with Gasteiger partial charge in [-0.1, -0.05) is 0 Å². The average Bonchev–Trinajstić information content (AvgIpc) is 2.80. The van der Waals surface area contributed by atoms with E-state index in [1.807, 2.05) is 0 Å². The minimum Gasteiger partial charge on any atom is -0.496 e. The summed E-state index contributed by atoms with van der Waals surface area (Å²) in [5.74, 6) is -0.0846. The first-order valence-electron chi connectivity index (χ1n) is 6.97. The van der Waals surface area contributed by atoms with Crippen molar-refractivity contribution < 1.29 is 24.0 Å². The van der Waals surface area contributed by atoms with Crippen molar-refractivity contribution in [2.24, 2.45) is 0 Å². The molecule has 1 saturated heterocycles. The van der Waals surface area contributed by atoms with Crippen LogP contribution in [0.15, 0.2) is 17.0 Å². The fraction of sp³-hybridized carbons (Fsp3) is 0.333. The van der Waals surface area contributed by atoms with Gasteiger partial charge in [0.1, 0.15) is 5.75 Å². The van der Waals surface area contributed by atoms with E-state index in [-0.39, 0.29) is 27.6 Å². The third kappa shape index (κ3) is 3.21. The summed E-state index contributed by atoms with van der Waals surface area (Å²) in [4.78, 5) is 36.1. The van der Waals surface area contributed by atoms with E-state index in [1.54, 1.807) is 13.8 Å². The van der Waals surface area contributed by atoms with Crippen LogP contribution in [-0.4, -0.2) is 41.2 Å². The smallest absolute Gasteiger partial charge is 0.311 e. The van der Waals surface area contributed by atoms with Crippen LogP contribution in [-0.2, 0) is 4.79 Å². The van der Waals surface area contributed by atoms with E-state index in [4.69, 9.17) is 9.47 Å². The number of nitro benzene ring substituents is 1. The molecule has 8 nitrogen and oxygen atoms in total. The largest absolute Gasteiger partial charge is 0.496 e. The van der Waals surface area contributed by atoms with Crippen molar-refractivity contribution in [1.82, 2.24) is 4.90 Å². The lowest BCUT2D eigenvalue weighted by Crippen LogP contribution is -2.34. The maximum atomic E-state index is 12.3. The van der Waals surface area contributed by atoms with Crippen molar-refractivity contribution in [2.45, 2.75) is 19.9 Å². The number of methoxy groups -OCH3 is 2. The lowest BCUT2D eigenvalue weighted by molar-refractivity contribution is -0.385. The molecule has 128 valence electrons. The summed E-state index contributed by atoms with van der Waals surface area (Å²) < 4.78 is 10.2. The van der Waals surface area contributed by atoms with Gasteiger partial charge in [-0.15, -0.1) is 0 Å². The van der Waals surface area contributed by atoms with Crippen LogP contribution in [0.25, 0.3) is 6.08 Å². The maximum Gasteiger partial charge on any atom is 0.311 e.